The molecule has 1 saturated carbocycles. The van der Waals surface area contributed by atoms with E-state index in [0.717, 1.165) is 15.9 Å². The number of aliphatic imine (C=N–C) groups is 1. The molecule has 0 unspecified atom stereocenters. The van der Waals surface area contributed by atoms with Crippen molar-refractivity contribution in [3.8, 4) is 16.8 Å². The molecule has 18 heteroatoms. The first kappa shape index (κ1) is 37.8. The molecule has 6 rings (SSSR count). The van der Waals surface area contributed by atoms with E-state index in [9.17, 15) is 35.9 Å². The van der Waals surface area contributed by atoms with Crippen molar-refractivity contribution in [1.29, 1.82) is 0 Å². The Morgan fingerprint density at radius 2 is 1.77 bits per heavy atom. The van der Waals surface area contributed by atoms with Crippen LogP contribution in [0.4, 0.5) is 26.3 Å². The van der Waals surface area contributed by atoms with Crippen molar-refractivity contribution in [2.75, 3.05) is 6.61 Å². The highest BCUT2D eigenvalue weighted by Crippen LogP contribution is 2.47. The van der Waals surface area contributed by atoms with Gasteiger partial charge in [0.05, 0.1) is 22.9 Å². The van der Waals surface area contributed by atoms with Gasteiger partial charge in [0.25, 0.3) is 12.3 Å². The number of halogens is 7. The highest BCUT2D eigenvalue weighted by molar-refractivity contribution is 6.32. The van der Waals surface area contributed by atoms with Crippen LogP contribution in [0.1, 0.15) is 76.0 Å². The molecule has 0 radical (unpaired) electrons. The topological polar surface area (TPSA) is 134 Å². The van der Waals surface area contributed by atoms with E-state index in [-0.39, 0.29) is 41.5 Å². The van der Waals surface area contributed by atoms with Gasteiger partial charge in [-0.25, -0.2) is 36.9 Å². The van der Waals surface area contributed by atoms with Crippen molar-refractivity contribution in [3.05, 3.63) is 83.2 Å². The fourth-order valence-electron chi connectivity index (χ4n) is 6.67. The first-order chi connectivity index (χ1) is 25.0. The van der Waals surface area contributed by atoms with Crippen molar-refractivity contribution in [2.24, 2.45) is 28.0 Å². The summed E-state index contributed by atoms with van der Waals surface area (Å²) in [6, 6.07) is 9.63. The van der Waals surface area contributed by atoms with E-state index in [4.69, 9.17) is 27.1 Å². The summed E-state index contributed by atoms with van der Waals surface area (Å²) in [5, 5.41) is 7.59. The molecule has 2 N–H and O–H groups in total. The Bertz CT molecular complexity index is 2010. The number of nitrogens with two attached hydrogens (primary N) is 1. The molecule has 2 aromatic carbocycles. The molecule has 282 valence electrons. The number of hydrogen-bond donors (Lipinski definition) is 1. The van der Waals surface area contributed by atoms with E-state index in [1.54, 1.807) is 24.3 Å². The van der Waals surface area contributed by atoms with Crippen LogP contribution in [0.15, 0.2) is 66.2 Å². The standard InChI is InChI=1S/C35H35ClF6N8O3/c1-34(2,3)16-35(22-7-4-18(5-8-22)21-13-45-48(14-21)32(41)42)31(52)49(33(43)47-35)26(15-53-27(51)12-20-10-23(20)28(37)38)19-6-9-24(36)25(11-19)50-30(29(39)40)44-17-46-50/h4-9,11,13-14,17,20,23,26,28-29,32H,10,12,15-16H2,1-3H3,(H2,43,47)/t20-,23+,26+,35+/m0/s1. The predicted molar refractivity (Wildman–Crippen MR) is 180 cm³/mol. The lowest BCUT2D eigenvalue weighted by atomic mass is 9.75. The number of carbonyl (C=O) groups is 2. The van der Waals surface area contributed by atoms with E-state index < -0.39 is 72.5 Å². The van der Waals surface area contributed by atoms with Crippen molar-refractivity contribution in [3.63, 3.8) is 0 Å². The number of ether oxygens (including phenoxy) is 1. The van der Waals surface area contributed by atoms with Crippen molar-refractivity contribution in [2.45, 2.75) is 71.0 Å². The van der Waals surface area contributed by atoms with Crippen LogP contribution < -0.4 is 5.73 Å². The van der Waals surface area contributed by atoms with Gasteiger partial charge in [-0.15, -0.1) is 0 Å². The lowest BCUT2D eigenvalue weighted by molar-refractivity contribution is -0.148. The SMILES string of the molecule is CC(C)(C)C[C@]1(c2ccc(-c3cnn(C(F)F)c3)cc2)N=C(N)N([C@H](COC(=O)C[C@@H]2C[C@H]2C(F)F)c2ccc(Cl)c(-n3ncnc3C(F)F)c2)C1=O. The summed E-state index contributed by atoms with van der Waals surface area (Å²) in [7, 11) is 0. The highest BCUT2D eigenvalue weighted by Gasteiger charge is 2.53. The maximum Gasteiger partial charge on any atom is 0.333 e. The third kappa shape index (κ3) is 7.75. The molecule has 2 aliphatic rings. The lowest BCUT2D eigenvalue weighted by Gasteiger charge is -2.35. The number of hydrogen-bond acceptors (Lipinski definition) is 8. The normalized spacial score (nSPS) is 20.8. The minimum atomic E-state index is -3.01. The van der Waals surface area contributed by atoms with Crippen molar-refractivity contribution in [1.82, 2.24) is 29.4 Å². The molecule has 1 aliphatic carbocycles. The van der Waals surface area contributed by atoms with Gasteiger partial charge in [-0.05, 0) is 53.0 Å². The predicted octanol–water partition coefficient (Wildman–Crippen LogP) is 7.48. The molecule has 2 aromatic heterocycles. The summed E-state index contributed by atoms with van der Waals surface area (Å²) >= 11 is 6.44. The molecule has 4 aromatic rings. The number of esters is 1. The van der Waals surface area contributed by atoms with E-state index in [1.165, 1.54) is 30.6 Å². The fourth-order valence-corrected chi connectivity index (χ4v) is 6.87. The number of rotatable bonds is 13. The van der Waals surface area contributed by atoms with E-state index in [2.05, 4.69) is 15.2 Å². The zero-order valence-electron chi connectivity index (χ0n) is 28.6. The Morgan fingerprint density at radius 3 is 2.38 bits per heavy atom. The largest absolute Gasteiger partial charge is 0.463 e. The Balaban J connectivity index is 1.38. The van der Waals surface area contributed by atoms with Gasteiger partial charge in [-0.1, -0.05) is 62.7 Å². The van der Waals surface area contributed by atoms with Crippen LogP contribution in [-0.4, -0.2) is 60.3 Å². The van der Waals surface area contributed by atoms with Gasteiger partial charge in [-0.3, -0.25) is 14.5 Å². The third-order valence-corrected chi connectivity index (χ3v) is 9.52. The molecule has 1 aliphatic heterocycles. The van der Waals surface area contributed by atoms with E-state index in [1.807, 2.05) is 20.8 Å². The molecule has 4 atom stereocenters. The summed E-state index contributed by atoms with van der Waals surface area (Å²) in [5.74, 6) is -3.77. The van der Waals surface area contributed by atoms with Crippen molar-refractivity contribution >= 4 is 29.4 Å². The first-order valence-electron chi connectivity index (χ1n) is 16.5. The third-order valence-electron chi connectivity index (χ3n) is 9.20. The number of carbonyl (C=O) groups excluding carboxylic acids is 2. The summed E-state index contributed by atoms with van der Waals surface area (Å²) in [6.45, 7) is 2.37. The van der Waals surface area contributed by atoms with Crippen LogP contribution >= 0.6 is 11.6 Å². The highest BCUT2D eigenvalue weighted by atomic mass is 35.5. The molecule has 11 nitrogen and oxygen atoms in total. The number of amides is 1. The van der Waals surface area contributed by atoms with Gasteiger partial charge < -0.3 is 10.5 Å². The zero-order chi connectivity index (χ0) is 38.4. The number of nitrogens with zero attached hydrogens (tertiary/aromatic N) is 7. The van der Waals surface area contributed by atoms with Crippen LogP contribution in [0.25, 0.3) is 16.8 Å². The minimum Gasteiger partial charge on any atom is -0.463 e. The molecule has 1 amide bonds. The summed E-state index contributed by atoms with van der Waals surface area (Å²) in [6.07, 6.45) is -2.12. The first-order valence-corrected chi connectivity index (χ1v) is 16.9. The number of benzene rings is 2. The van der Waals surface area contributed by atoms with Crippen LogP contribution in [0.3, 0.4) is 0 Å². The monoisotopic (exact) mass is 764 g/mol. The van der Waals surface area contributed by atoms with Gasteiger partial charge >= 0.3 is 12.5 Å². The lowest BCUT2D eigenvalue weighted by Crippen LogP contribution is -2.47. The van der Waals surface area contributed by atoms with E-state index >= 15 is 0 Å². The van der Waals surface area contributed by atoms with E-state index in [0.29, 0.717) is 21.4 Å². The van der Waals surface area contributed by atoms with Crippen LogP contribution in [0.5, 0.6) is 0 Å². The fraction of sp³-hybridized carbons (Fsp3) is 0.429. The molecular formula is C35H35ClF6N8O3. The molecule has 0 saturated heterocycles. The second-order valence-electron chi connectivity index (χ2n) is 14.2. The van der Waals surface area contributed by atoms with Crippen LogP contribution in [0, 0.1) is 17.3 Å². The van der Waals surface area contributed by atoms with Gasteiger partial charge in [0.15, 0.2) is 17.3 Å². The maximum absolute atomic E-state index is 14.9. The second kappa shape index (κ2) is 14.5. The maximum atomic E-state index is 14.9. The zero-order valence-corrected chi connectivity index (χ0v) is 29.4. The Labute approximate surface area is 304 Å². The summed E-state index contributed by atoms with van der Waals surface area (Å²) in [4.78, 5) is 37.3. The Kier molecular flexibility index (Phi) is 10.3. The number of aromatic nitrogens is 5. The van der Waals surface area contributed by atoms with Crippen molar-refractivity contribution < 1.29 is 40.7 Å². The smallest absolute Gasteiger partial charge is 0.333 e. The Hall–Kier alpha value is -4.93. The quantitative estimate of drug-likeness (QED) is 0.110. The molecule has 0 bridgehead atoms. The second-order valence-corrected chi connectivity index (χ2v) is 14.7. The van der Waals surface area contributed by atoms with Gasteiger partial charge in [0, 0.05) is 24.1 Å². The van der Waals surface area contributed by atoms with Gasteiger partial charge in [0.2, 0.25) is 6.43 Å². The minimum absolute atomic E-state index is 0.0133. The van der Waals surface area contributed by atoms with Gasteiger partial charge in [-0.2, -0.15) is 19.0 Å². The molecule has 53 heavy (non-hydrogen) atoms. The van der Waals surface area contributed by atoms with Crippen LogP contribution in [-0.2, 0) is 19.9 Å². The molecular weight excluding hydrogens is 730 g/mol. The number of alkyl halides is 6. The number of guanidine groups is 1. The average molecular weight is 765 g/mol. The average Bonchev–Trinajstić information content (AvgIpc) is 3.38. The van der Waals surface area contributed by atoms with Crippen LogP contribution in [0.2, 0.25) is 5.02 Å². The molecule has 0 spiro atoms. The Morgan fingerprint density at radius 1 is 1.06 bits per heavy atom. The summed E-state index contributed by atoms with van der Waals surface area (Å²) < 4.78 is 87.3. The van der Waals surface area contributed by atoms with Gasteiger partial charge in [0.1, 0.15) is 12.9 Å². The molecule has 1 fully saturated rings. The summed E-state index contributed by atoms with van der Waals surface area (Å²) in [5.41, 5.74) is 6.05. The molecule has 3 heterocycles.